The number of fused-ring (bicyclic) bond motifs is 1. The van der Waals surface area contributed by atoms with Crippen LogP contribution in [0.15, 0.2) is 48.7 Å². The number of Topliss-reactive ketones (excluding diaryl/α,β-unsaturated/α-hetero) is 1. The maximum atomic E-state index is 12.3. The molecule has 3 N–H and O–H groups in total. The minimum atomic E-state index is -0.515. The van der Waals surface area contributed by atoms with Crippen molar-refractivity contribution in [1.29, 1.82) is 0 Å². The van der Waals surface area contributed by atoms with Crippen LogP contribution in [0.2, 0.25) is 10.0 Å². The first-order valence-corrected chi connectivity index (χ1v) is 8.57. The summed E-state index contributed by atoms with van der Waals surface area (Å²) in [6.07, 6.45) is 3.41. The number of H-pyrrole nitrogens is 1. The van der Waals surface area contributed by atoms with E-state index in [9.17, 15) is 4.79 Å². The van der Waals surface area contributed by atoms with Gasteiger partial charge in [-0.1, -0.05) is 41.4 Å². The Morgan fingerprint density at radius 2 is 1.83 bits per heavy atom. The third-order valence-corrected chi connectivity index (χ3v) is 4.55. The molecule has 5 heteroatoms. The largest absolute Gasteiger partial charge is 0.361 e. The third kappa shape index (κ3) is 3.99. The van der Waals surface area contributed by atoms with Gasteiger partial charge in [0, 0.05) is 33.6 Å². The first kappa shape index (κ1) is 17.0. The molecule has 0 bridgehead atoms. The summed E-state index contributed by atoms with van der Waals surface area (Å²) in [4.78, 5) is 15.6. The van der Waals surface area contributed by atoms with Crippen molar-refractivity contribution >= 4 is 39.9 Å². The fourth-order valence-electron chi connectivity index (χ4n) is 2.86. The molecule has 0 aliphatic rings. The van der Waals surface area contributed by atoms with Gasteiger partial charge in [-0.25, -0.2) is 0 Å². The second kappa shape index (κ2) is 7.39. The Balaban J connectivity index is 1.62. The van der Waals surface area contributed by atoms with Crippen molar-refractivity contribution in [1.82, 2.24) is 4.98 Å². The normalized spacial score (nSPS) is 12.5. The van der Waals surface area contributed by atoms with Gasteiger partial charge in [-0.2, -0.15) is 0 Å². The van der Waals surface area contributed by atoms with Crippen molar-refractivity contribution < 1.29 is 4.79 Å². The number of nitrogens with two attached hydrogens (primary N) is 1. The lowest BCUT2D eigenvalue weighted by Gasteiger charge is -2.10. The Labute approximate surface area is 150 Å². The maximum Gasteiger partial charge on any atom is 0.150 e. The zero-order valence-electron chi connectivity index (χ0n) is 13.1. The number of carbonyl (C=O) groups excluding carboxylic acids is 1. The van der Waals surface area contributed by atoms with Crippen LogP contribution in [0, 0.1) is 0 Å². The van der Waals surface area contributed by atoms with E-state index in [-0.39, 0.29) is 5.78 Å². The van der Waals surface area contributed by atoms with Crippen LogP contribution in [0.1, 0.15) is 17.5 Å². The van der Waals surface area contributed by atoms with Crippen LogP contribution in [0.25, 0.3) is 10.9 Å². The number of aryl methyl sites for hydroxylation is 1. The summed E-state index contributed by atoms with van der Waals surface area (Å²) in [7, 11) is 0. The Morgan fingerprint density at radius 1 is 1.12 bits per heavy atom. The molecule has 3 aromatic rings. The van der Waals surface area contributed by atoms with E-state index in [2.05, 4.69) is 4.98 Å². The number of aromatic amines is 1. The molecular formula is C19H18Cl2N2O. The first-order chi connectivity index (χ1) is 11.5. The van der Waals surface area contributed by atoms with Gasteiger partial charge in [0.25, 0.3) is 0 Å². The highest BCUT2D eigenvalue weighted by Gasteiger charge is 2.16. The fourth-order valence-corrected chi connectivity index (χ4v) is 3.43. The monoisotopic (exact) mass is 360 g/mol. The molecule has 3 nitrogen and oxygen atoms in total. The molecular weight excluding hydrogens is 343 g/mol. The Hall–Kier alpha value is -1.81. The van der Waals surface area contributed by atoms with Gasteiger partial charge in [0.2, 0.25) is 0 Å². The molecule has 0 spiro atoms. The Bertz CT molecular complexity index is 852. The van der Waals surface area contributed by atoms with Gasteiger partial charge >= 0.3 is 0 Å². The molecule has 0 fully saturated rings. The average Bonchev–Trinajstić information content (AvgIpc) is 2.95. The highest BCUT2D eigenvalue weighted by atomic mass is 35.5. The molecule has 24 heavy (non-hydrogen) atoms. The van der Waals surface area contributed by atoms with Crippen LogP contribution < -0.4 is 5.73 Å². The summed E-state index contributed by atoms with van der Waals surface area (Å²) in [5.74, 6) is 0.0383. The molecule has 0 aliphatic carbocycles. The second-order valence-electron chi connectivity index (χ2n) is 5.91. The first-order valence-electron chi connectivity index (χ1n) is 7.81. The molecule has 0 aliphatic heterocycles. The van der Waals surface area contributed by atoms with Crippen LogP contribution in [0.3, 0.4) is 0 Å². The summed E-state index contributed by atoms with van der Waals surface area (Å²) >= 11 is 12.0. The average molecular weight is 361 g/mol. The van der Waals surface area contributed by atoms with Gasteiger partial charge in [-0.3, -0.25) is 4.79 Å². The standard InChI is InChI=1S/C19H18Cl2N2O/c20-14-7-12(8-15(21)10-14)5-6-19(24)17(22)9-13-11-23-18-4-2-1-3-16(13)18/h1-4,7-8,10-11,17,23H,5-6,9,22H2. The number of halogens is 2. The Morgan fingerprint density at radius 3 is 2.58 bits per heavy atom. The molecule has 3 rings (SSSR count). The molecule has 124 valence electrons. The molecule has 0 saturated carbocycles. The number of aromatic nitrogens is 1. The number of hydrogen-bond donors (Lipinski definition) is 2. The van der Waals surface area contributed by atoms with Gasteiger partial charge in [-0.15, -0.1) is 0 Å². The molecule has 1 unspecified atom stereocenters. The van der Waals surface area contributed by atoms with Crippen molar-refractivity contribution in [3.63, 3.8) is 0 Å². The predicted octanol–water partition coefficient (Wildman–Crippen LogP) is 4.55. The second-order valence-corrected chi connectivity index (χ2v) is 6.79. The molecule has 1 atom stereocenters. The van der Waals surface area contributed by atoms with E-state index in [0.29, 0.717) is 29.3 Å². The number of nitrogens with one attached hydrogen (secondary N) is 1. The molecule has 1 aromatic heterocycles. The molecule has 1 heterocycles. The number of rotatable bonds is 6. The number of hydrogen-bond acceptors (Lipinski definition) is 2. The summed E-state index contributed by atoms with van der Waals surface area (Å²) < 4.78 is 0. The number of ketones is 1. The van der Waals surface area contributed by atoms with Gasteiger partial charge in [0.1, 0.15) is 5.78 Å². The number of para-hydroxylation sites is 1. The van der Waals surface area contributed by atoms with E-state index < -0.39 is 6.04 Å². The third-order valence-electron chi connectivity index (χ3n) is 4.11. The minimum absolute atomic E-state index is 0.0383. The lowest BCUT2D eigenvalue weighted by atomic mass is 9.98. The molecule has 0 amide bonds. The SMILES string of the molecule is NC(Cc1c[nH]c2ccccc12)C(=O)CCc1cc(Cl)cc(Cl)c1. The van der Waals surface area contributed by atoms with Gasteiger partial charge in [-0.05, 0) is 48.2 Å². The molecule has 0 saturated heterocycles. The quantitative estimate of drug-likeness (QED) is 0.677. The van der Waals surface area contributed by atoms with Crippen LogP contribution in [-0.4, -0.2) is 16.8 Å². The van der Waals surface area contributed by atoms with E-state index in [1.807, 2.05) is 42.6 Å². The summed E-state index contributed by atoms with van der Waals surface area (Å²) in [6.45, 7) is 0. The fraction of sp³-hybridized carbons (Fsp3) is 0.211. The highest BCUT2D eigenvalue weighted by molar-refractivity contribution is 6.34. The lowest BCUT2D eigenvalue weighted by molar-refractivity contribution is -0.120. The predicted molar refractivity (Wildman–Crippen MR) is 99.8 cm³/mol. The highest BCUT2D eigenvalue weighted by Crippen LogP contribution is 2.21. The number of benzene rings is 2. The van der Waals surface area contributed by atoms with Gasteiger partial charge in [0.15, 0.2) is 0 Å². The summed E-state index contributed by atoms with van der Waals surface area (Å²) in [5, 5.41) is 2.27. The van der Waals surface area contributed by atoms with Crippen molar-refractivity contribution in [3.05, 3.63) is 69.8 Å². The zero-order valence-corrected chi connectivity index (χ0v) is 14.6. The summed E-state index contributed by atoms with van der Waals surface area (Å²) in [6, 6.07) is 12.8. The van der Waals surface area contributed by atoms with Gasteiger partial charge in [0.05, 0.1) is 6.04 Å². The van der Waals surface area contributed by atoms with E-state index >= 15 is 0 Å². The zero-order chi connectivity index (χ0) is 17.1. The topological polar surface area (TPSA) is 58.9 Å². The van der Waals surface area contributed by atoms with Crippen LogP contribution >= 0.6 is 23.2 Å². The summed E-state index contributed by atoms with van der Waals surface area (Å²) in [5.41, 5.74) is 9.18. The van der Waals surface area contributed by atoms with E-state index in [1.54, 1.807) is 6.07 Å². The smallest absolute Gasteiger partial charge is 0.150 e. The van der Waals surface area contributed by atoms with Crippen LogP contribution in [0.5, 0.6) is 0 Å². The Kier molecular flexibility index (Phi) is 5.24. The number of carbonyl (C=O) groups is 1. The molecule has 0 radical (unpaired) electrons. The van der Waals surface area contributed by atoms with Crippen molar-refractivity contribution in [2.24, 2.45) is 5.73 Å². The van der Waals surface area contributed by atoms with Crippen LogP contribution in [0.4, 0.5) is 0 Å². The van der Waals surface area contributed by atoms with E-state index in [4.69, 9.17) is 28.9 Å². The van der Waals surface area contributed by atoms with Crippen molar-refractivity contribution in [2.75, 3.05) is 0 Å². The maximum absolute atomic E-state index is 12.3. The lowest BCUT2D eigenvalue weighted by Crippen LogP contribution is -2.32. The van der Waals surface area contributed by atoms with Crippen LogP contribution in [-0.2, 0) is 17.6 Å². The van der Waals surface area contributed by atoms with E-state index in [0.717, 1.165) is 22.0 Å². The van der Waals surface area contributed by atoms with Crippen molar-refractivity contribution in [2.45, 2.75) is 25.3 Å². The molecule has 2 aromatic carbocycles. The minimum Gasteiger partial charge on any atom is -0.361 e. The van der Waals surface area contributed by atoms with Gasteiger partial charge < -0.3 is 10.7 Å². The van der Waals surface area contributed by atoms with E-state index in [1.165, 1.54) is 0 Å². The van der Waals surface area contributed by atoms with Crippen molar-refractivity contribution in [3.8, 4) is 0 Å².